The van der Waals surface area contributed by atoms with Crippen LogP contribution in [-0.4, -0.2) is 34.7 Å². The number of rotatable bonds is 6. The van der Waals surface area contributed by atoms with E-state index in [0.717, 1.165) is 36.8 Å². The number of nitrogens with zero attached hydrogens (tertiary/aromatic N) is 4. The Hall–Kier alpha value is -2.21. The summed E-state index contributed by atoms with van der Waals surface area (Å²) in [7, 11) is 0. The molecule has 1 aliphatic heterocycles. The van der Waals surface area contributed by atoms with Crippen LogP contribution >= 0.6 is 0 Å². The molecular formula is C18H25N5O. The number of hydrogen-bond acceptors (Lipinski definition) is 6. The minimum Gasteiger partial charge on any atom is -0.381 e. The first kappa shape index (κ1) is 16.6. The molecule has 2 aromatic heterocycles. The van der Waals surface area contributed by atoms with Gasteiger partial charge in [0.05, 0.1) is 24.5 Å². The molecule has 1 fully saturated rings. The summed E-state index contributed by atoms with van der Waals surface area (Å²) in [5, 5.41) is 0. The van der Waals surface area contributed by atoms with E-state index in [-0.39, 0.29) is 0 Å². The van der Waals surface area contributed by atoms with Crippen LogP contribution in [0.2, 0.25) is 0 Å². The van der Waals surface area contributed by atoms with Crippen LogP contribution in [-0.2, 0) is 11.3 Å². The van der Waals surface area contributed by atoms with Crippen molar-refractivity contribution in [3.8, 4) is 0 Å². The standard InChI is InChI=1S/C18H25N5O/c1-13(2)10-23(11-15-5-3-4-7-20-15)17-9-16(21-18(19)22-17)14-6-8-24-12-14/h3-5,7,9,13-14H,6,8,10-12H2,1-2H3,(H2,19,21,22)/t14-/m0/s1. The van der Waals surface area contributed by atoms with E-state index in [0.29, 0.717) is 30.9 Å². The summed E-state index contributed by atoms with van der Waals surface area (Å²) in [6.07, 6.45) is 2.80. The Morgan fingerprint density at radius 1 is 1.33 bits per heavy atom. The Labute approximate surface area is 143 Å². The number of anilines is 2. The van der Waals surface area contributed by atoms with E-state index in [9.17, 15) is 0 Å². The third kappa shape index (κ3) is 4.20. The highest BCUT2D eigenvalue weighted by molar-refractivity contribution is 5.45. The summed E-state index contributed by atoms with van der Waals surface area (Å²) >= 11 is 0. The first-order valence-corrected chi connectivity index (χ1v) is 8.49. The fourth-order valence-corrected chi connectivity index (χ4v) is 2.98. The summed E-state index contributed by atoms with van der Waals surface area (Å²) in [4.78, 5) is 15.6. The normalized spacial score (nSPS) is 17.4. The largest absolute Gasteiger partial charge is 0.381 e. The molecule has 0 bridgehead atoms. The predicted octanol–water partition coefficient (Wildman–Crippen LogP) is 2.62. The molecule has 2 aromatic rings. The van der Waals surface area contributed by atoms with Gasteiger partial charge in [0, 0.05) is 31.3 Å². The van der Waals surface area contributed by atoms with Crippen molar-refractivity contribution >= 4 is 11.8 Å². The van der Waals surface area contributed by atoms with Crippen LogP contribution in [0.15, 0.2) is 30.5 Å². The second kappa shape index (κ2) is 7.57. The summed E-state index contributed by atoms with van der Waals surface area (Å²) in [6.45, 7) is 7.47. The summed E-state index contributed by atoms with van der Waals surface area (Å²) in [6, 6.07) is 8.02. The SMILES string of the molecule is CC(C)CN(Cc1ccccn1)c1cc([C@H]2CCOC2)nc(N)n1. The van der Waals surface area contributed by atoms with Gasteiger partial charge >= 0.3 is 0 Å². The molecule has 1 atom stereocenters. The maximum Gasteiger partial charge on any atom is 0.222 e. The van der Waals surface area contributed by atoms with Crippen molar-refractivity contribution < 1.29 is 4.74 Å². The van der Waals surface area contributed by atoms with Gasteiger partial charge in [0.25, 0.3) is 0 Å². The van der Waals surface area contributed by atoms with Crippen molar-refractivity contribution in [3.05, 3.63) is 41.9 Å². The van der Waals surface area contributed by atoms with E-state index in [1.165, 1.54) is 0 Å². The van der Waals surface area contributed by atoms with Crippen LogP contribution in [0.1, 0.15) is 37.6 Å². The van der Waals surface area contributed by atoms with Crippen LogP contribution < -0.4 is 10.6 Å². The van der Waals surface area contributed by atoms with Crippen LogP contribution in [0, 0.1) is 5.92 Å². The van der Waals surface area contributed by atoms with Crippen molar-refractivity contribution in [3.63, 3.8) is 0 Å². The molecule has 0 spiro atoms. The van der Waals surface area contributed by atoms with Crippen LogP contribution in [0.25, 0.3) is 0 Å². The van der Waals surface area contributed by atoms with Gasteiger partial charge in [-0.3, -0.25) is 4.98 Å². The van der Waals surface area contributed by atoms with Crippen molar-refractivity contribution in [2.24, 2.45) is 5.92 Å². The number of nitrogens with two attached hydrogens (primary N) is 1. The molecule has 24 heavy (non-hydrogen) atoms. The van der Waals surface area contributed by atoms with Gasteiger partial charge in [-0.1, -0.05) is 19.9 Å². The summed E-state index contributed by atoms with van der Waals surface area (Å²) in [5.74, 6) is 2.00. The van der Waals surface area contributed by atoms with Gasteiger partial charge in [-0.05, 0) is 24.5 Å². The highest BCUT2D eigenvalue weighted by Gasteiger charge is 2.22. The van der Waals surface area contributed by atoms with Crippen molar-refractivity contribution in [1.82, 2.24) is 15.0 Å². The van der Waals surface area contributed by atoms with E-state index >= 15 is 0 Å². The van der Waals surface area contributed by atoms with Gasteiger partial charge in [-0.2, -0.15) is 4.98 Å². The van der Waals surface area contributed by atoms with Crippen LogP contribution in [0.4, 0.5) is 11.8 Å². The van der Waals surface area contributed by atoms with Crippen LogP contribution in [0.5, 0.6) is 0 Å². The van der Waals surface area contributed by atoms with E-state index in [1.54, 1.807) is 0 Å². The highest BCUT2D eigenvalue weighted by atomic mass is 16.5. The Balaban J connectivity index is 1.88. The summed E-state index contributed by atoms with van der Waals surface area (Å²) in [5.41, 5.74) is 7.98. The molecule has 6 heteroatoms. The molecule has 6 nitrogen and oxygen atoms in total. The van der Waals surface area contributed by atoms with Gasteiger partial charge < -0.3 is 15.4 Å². The zero-order valence-electron chi connectivity index (χ0n) is 14.4. The highest BCUT2D eigenvalue weighted by Crippen LogP contribution is 2.27. The van der Waals surface area contributed by atoms with Crippen LogP contribution in [0.3, 0.4) is 0 Å². The molecule has 0 unspecified atom stereocenters. The molecule has 3 rings (SSSR count). The molecule has 1 saturated heterocycles. The van der Waals surface area contributed by atoms with Crippen molar-refractivity contribution in [2.75, 3.05) is 30.4 Å². The molecule has 0 aromatic carbocycles. The van der Waals surface area contributed by atoms with E-state index in [1.807, 2.05) is 24.4 Å². The lowest BCUT2D eigenvalue weighted by Gasteiger charge is -2.26. The second-order valence-corrected chi connectivity index (χ2v) is 6.67. The molecule has 0 radical (unpaired) electrons. The van der Waals surface area contributed by atoms with Gasteiger partial charge in [-0.25, -0.2) is 4.98 Å². The van der Waals surface area contributed by atoms with Gasteiger partial charge in [-0.15, -0.1) is 0 Å². The Morgan fingerprint density at radius 3 is 2.88 bits per heavy atom. The third-order valence-corrected chi connectivity index (χ3v) is 4.09. The number of hydrogen-bond donors (Lipinski definition) is 1. The fraction of sp³-hybridized carbons (Fsp3) is 0.500. The van der Waals surface area contributed by atoms with Gasteiger partial charge in [0.2, 0.25) is 5.95 Å². The van der Waals surface area contributed by atoms with Gasteiger partial charge in [0.1, 0.15) is 5.82 Å². The average Bonchev–Trinajstić information content (AvgIpc) is 3.09. The molecule has 128 valence electrons. The predicted molar refractivity (Wildman–Crippen MR) is 94.7 cm³/mol. The first-order valence-electron chi connectivity index (χ1n) is 8.49. The smallest absolute Gasteiger partial charge is 0.222 e. The molecule has 0 amide bonds. The van der Waals surface area contributed by atoms with Gasteiger partial charge in [0.15, 0.2) is 0 Å². The van der Waals surface area contributed by atoms with E-state index in [4.69, 9.17) is 10.5 Å². The Kier molecular flexibility index (Phi) is 5.25. The summed E-state index contributed by atoms with van der Waals surface area (Å²) < 4.78 is 5.49. The Morgan fingerprint density at radius 2 is 2.21 bits per heavy atom. The molecular weight excluding hydrogens is 302 g/mol. The third-order valence-electron chi connectivity index (χ3n) is 4.09. The molecule has 1 aliphatic rings. The zero-order chi connectivity index (χ0) is 16.9. The zero-order valence-corrected chi connectivity index (χ0v) is 14.4. The first-order chi connectivity index (χ1) is 11.6. The van der Waals surface area contributed by atoms with E-state index < -0.39 is 0 Å². The number of nitrogen functional groups attached to an aromatic ring is 1. The lowest BCUT2D eigenvalue weighted by atomic mass is 10.0. The lowest BCUT2D eigenvalue weighted by Crippen LogP contribution is -2.29. The minimum absolute atomic E-state index is 0.310. The fourth-order valence-electron chi connectivity index (χ4n) is 2.98. The quantitative estimate of drug-likeness (QED) is 0.879. The second-order valence-electron chi connectivity index (χ2n) is 6.67. The van der Waals surface area contributed by atoms with Crippen molar-refractivity contribution in [1.29, 1.82) is 0 Å². The molecule has 0 aliphatic carbocycles. The maximum atomic E-state index is 5.98. The lowest BCUT2D eigenvalue weighted by molar-refractivity contribution is 0.193. The number of aromatic nitrogens is 3. The Bertz CT molecular complexity index is 656. The molecule has 0 saturated carbocycles. The van der Waals surface area contributed by atoms with Crippen molar-refractivity contribution in [2.45, 2.75) is 32.7 Å². The van der Waals surface area contributed by atoms with E-state index in [2.05, 4.69) is 39.8 Å². The molecule has 2 N–H and O–H groups in total. The topological polar surface area (TPSA) is 77.2 Å². The number of pyridine rings is 1. The molecule has 3 heterocycles. The number of ether oxygens (including phenoxy) is 1. The maximum absolute atomic E-state index is 5.98. The monoisotopic (exact) mass is 327 g/mol. The average molecular weight is 327 g/mol. The minimum atomic E-state index is 0.310.